The number of hydrazone groups is 1. The molecule has 2 aromatic carbocycles. The molecule has 0 heterocycles. The SMILES string of the molecule is NN=CNc1cccc(C(=O)C(N)=C(C(=O)O)c2cccc(Cl)c2)c1. The summed E-state index contributed by atoms with van der Waals surface area (Å²) in [6.45, 7) is 0. The number of anilines is 1. The Morgan fingerprint density at radius 1 is 1.12 bits per heavy atom. The number of Topliss-reactive ketones (excluding diaryl/α,β-unsaturated/α-hetero) is 1. The fourth-order valence-corrected chi connectivity index (χ4v) is 2.36. The van der Waals surface area contributed by atoms with E-state index in [-0.39, 0.29) is 22.4 Å². The number of halogens is 1. The lowest BCUT2D eigenvalue weighted by atomic mass is 9.98. The number of carboxylic acid groups (broad SMARTS) is 1. The van der Waals surface area contributed by atoms with E-state index >= 15 is 0 Å². The first-order valence-electron chi connectivity index (χ1n) is 7.06. The number of hydrogen-bond donors (Lipinski definition) is 4. The van der Waals surface area contributed by atoms with Crippen molar-refractivity contribution in [1.82, 2.24) is 0 Å². The highest BCUT2D eigenvalue weighted by Crippen LogP contribution is 2.23. The van der Waals surface area contributed by atoms with Crippen LogP contribution in [0.2, 0.25) is 5.02 Å². The largest absolute Gasteiger partial charge is 0.478 e. The van der Waals surface area contributed by atoms with Gasteiger partial charge in [0.25, 0.3) is 0 Å². The molecule has 6 N–H and O–H groups in total. The van der Waals surface area contributed by atoms with Gasteiger partial charge in [0.05, 0.1) is 11.3 Å². The van der Waals surface area contributed by atoms with Crippen molar-refractivity contribution in [3.8, 4) is 0 Å². The van der Waals surface area contributed by atoms with E-state index in [4.69, 9.17) is 23.2 Å². The van der Waals surface area contributed by atoms with Crippen LogP contribution in [-0.2, 0) is 4.79 Å². The minimum atomic E-state index is -1.32. The molecule has 128 valence electrons. The van der Waals surface area contributed by atoms with Crippen LogP contribution in [0.15, 0.2) is 59.3 Å². The summed E-state index contributed by atoms with van der Waals surface area (Å²) in [5.41, 5.74) is 6.18. The number of carbonyl (C=O) groups is 2. The molecule has 0 saturated carbocycles. The minimum absolute atomic E-state index is 0.216. The first-order chi connectivity index (χ1) is 11.9. The summed E-state index contributed by atoms with van der Waals surface area (Å²) >= 11 is 5.89. The molecule has 0 aliphatic carbocycles. The van der Waals surface area contributed by atoms with Gasteiger partial charge in [-0.15, -0.1) is 0 Å². The Balaban J connectivity index is 2.47. The summed E-state index contributed by atoms with van der Waals surface area (Å²) < 4.78 is 0. The van der Waals surface area contributed by atoms with Crippen LogP contribution in [0, 0.1) is 0 Å². The molecule has 0 atom stereocenters. The topological polar surface area (TPSA) is 131 Å². The average Bonchev–Trinajstić information content (AvgIpc) is 2.59. The summed E-state index contributed by atoms with van der Waals surface area (Å²) in [4.78, 5) is 24.2. The van der Waals surface area contributed by atoms with Gasteiger partial charge in [-0.3, -0.25) is 4.79 Å². The summed E-state index contributed by atoms with van der Waals surface area (Å²) in [5, 5.41) is 15.9. The van der Waals surface area contributed by atoms with Crippen LogP contribution in [0.5, 0.6) is 0 Å². The Morgan fingerprint density at radius 3 is 2.44 bits per heavy atom. The Kier molecular flexibility index (Phi) is 5.75. The molecule has 0 saturated heterocycles. The van der Waals surface area contributed by atoms with Crippen LogP contribution in [0.4, 0.5) is 5.69 Å². The number of nitrogens with two attached hydrogens (primary N) is 2. The molecular weight excluding hydrogens is 344 g/mol. The second-order valence-corrected chi connectivity index (χ2v) is 5.37. The summed E-state index contributed by atoms with van der Waals surface area (Å²) in [7, 11) is 0. The van der Waals surface area contributed by atoms with Crippen molar-refractivity contribution in [1.29, 1.82) is 0 Å². The maximum atomic E-state index is 12.6. The lowest BCUT2D eigenvalue weighted by molar-refractivity contribution is -0.130. The van der Waals surface area contributed by atoms with Crippen molar-refractivity contribution < 1.29 is 14.7 Å². The summed E-state index contributed by atoms with van der Waals surface area (Å²) in [6, 6.07) is 12.5. The van der Waals surface area contributed by atoms with E-state index in [0.717, 1.165) is 0 Å². The first kappa shape index (κ1) is 18.0. The quantitative estimate of drug-likeness (QED) is 0.156. The number of aliphatic carboxylic acids is 1. The third-order valence-corrected chi connectivity index (χ3v) is 3.51. The normalized spacial score (nSPS) is 11.9. The lowest BCUT2D eigenvalue weighted by Crippen LogP contribution is -2.18. The van der Waals surface area contributed by atoms with Gasteiger partial charge in [0, 0.05) is 16.3 Å². The molecule has 0 aliphatic heterocycles. The zero-order valence-corrected chi connectivity index (χ0v) is 13.7. The third-order valence-electron chi connectivity index (χ3n) is 3.27. The maximum Gasteiger partial charge on any atom is 0.338 e. The third kappa shape index (κ3) is 4.36. The number of hydrogen-bond acceptors (Lipinski definition) is 5. The smallest absolute Gasteiger partial charge is 0.338 e. The van der Waals surface area contributed by atoms with Crippen LogP contribution >= 0.6 is 11.6 Å². The number of carbonyl (C=O) groups excluding carboxylic acids is 1. The Bertz CT molecular complexity index is 878. The van der Waals surface area contributed by atoms with Crippen LogP contribution in [0.1, 0.15) is 15.9 Å². The summed E-state index contributed by atoms with van der Waals surface area (Å²) in [5.74, 6) is 3.07. The van der Waals surface area contributed by atoms with Gasteiger partial charge in [0.15, 0.2) is 0 Å². The van der Waals surface area contributed by atoms with Gasteiger partial charge in [-0.25, -0.2) is 4.79 Å². The predicted molar refractivity (Wildman–Crippen MR) is 97.3 cm³/mol. The lowest BCUT2D eigenvalue weighted by Gasteiger charge is -2.09. The highest BCUT2D eigenvalue weighted by atomic mass is 35.5. The van der Waals surface area contributed by atoms with Crippen molar-refractivity contribution >= 4 is 41.0 Å². The molecule has 0 aromatic heterocycles. The predicted octanol–water partition coefficient (Wildman–Crippen LogP) is 2.29. The number of carboxylic acids is 1. The zero-order chi connectivity index (χ0) is 18.4. The minimum Gasteiger partial charge on any atom is -0.478 e. The number of allylic oxidation sites excluding steroid dienone is 1. The van der Waals surface area contributed by atoms with Gasteiger partial charge in [0.1, 0.15) is 6.34 Å². The van der Waals surface area contributed by atoms with Gasteiger partial charge in [0.2, 0.25) is 5.78 Å². The fourth-order valence-electron chi connectivity index (χ4n) is 2.17. The fraction of sp³-hybridized carbons (Fsp3) is 0. The number of nitrogens with zero attached hydrogens (tertiary/aromatic N) is 1. The molecule has 0 aliphatic rings. The Morgan fingerprint density at radius 2 is 1.80 bits per heavy atom. The van der Waals surface area contributed by atoms with Crippen LogP contribution < -0.4 is 16.9 Å². The van der Waals surface area contributed by atoms with E-state index in [1.807, 2.05) is 0 Å². The molecule has 7 nitrogen and oxygen atoms in total. The number of rotatable bonds is 6. The average molecular weight is 359 g/mol. The molecule has 25 heavy (non-hydrogen) atoms. The van der Waals surface area contributed by atoms with E-state index in [1.165, 1.54) is 30.6 Å². The highest BCUT2D eigenvalue weighted by molar-refractivity contribution is 6.31. The van der Waals surface area contributed by atoms with Crippen molar-refractivity contribution in [2.24, 2.45) is 16.7 Å². The van der Waals surface area contributed by atoms with Crippen LogP contribution in [0.3, 0.4) is 0 Å². The monoisotopic (exact) mass is 358 g/mol. The summed E-state index contributed by atoms with van der Waals surface area (Å²) in [6.07, 6.45) is 1.25. The standard InChI is InChI=1S/C17H15ClN4O3/c18-12-5-1-3-10(7-12)14(17(24)25)15(19)16(23)11-4-2-6-13(8-11)21-9-22-20/h1-9H,19-20H2,(H,21,22)(H,24,25). The first-order valence-corrected chi connectivity index (χ1v) is 7.44. The molecule has 8 heteroatoms. The Labute approximate surface area is 148 Å². The molecule has 2 aromatic rings. The van der Waals surface area contributed by atoms with Crippen LogP contribution in [0.25, 0.3) is 5.57 Å². The number of benzene rings is 2. The molecule has 2 rings (SSSR count). The second kappa shape index (κ2) is 7.98. The van der Waals surface area contributed by atoms with E-state index in [2.05, 4.69) is 10.4 Å². The van der Waals surface area contributed by atoms with Gasteiger partial charge in [-0.2, -0.15) is 5.10 Å². The molecule has 0 fully saturated rings. The maximum absolute atomic E-state index is 12.6. The Hall–Kier alpha value is -3.32. The molecule has 0 unspecified atom stereocenters. The highest BCUT2D eigenvalue weighted by Gasteiger charge is 2.21. The van der Waals surface area contributed by atoms with Gasteiger partial charge >= 0.3 is 5.97 Å². The van der Waals surface area contributed by atoms with Gasteiger partial charge in [-0.1, -0.05) is 35.9 Å². The molecule has 0 amide bonds. The van der Waals surface area contributed by atoms with Gasteiger partial charge < -0.3 is 22.0 Å². The van der Waals surface area contributed by atoms with Crippen molar-refractivity contribution in [3.05, 3.63) is 70.4 Å². The van der Waals surface area contributed by atoms with E-state index in [1.54, 1.807) is 24.3 Å². The molecule has 0 bridgehead atoms. The second-order valence-electron chi connectivity index (χ2n) is 4.94. The van der Waals surface area contributed by atoms with Crippen LogP contribution in [-0.4, -0.2) is 23.2 Å². The molecule has 0 radical (unpaired) electrons. The zero-order valence-electron chi connectivity index (χ0n) is 12.9. The van der Waals surface area contributed by atoms with E-state index in [9.17, 15) is 14.7 Å². The number of ketones is 1. The van der Waals surface area contributed by atoms with Crippen molar-refractivity contribution in [2.75, 3.05) is 5.32 Å². The van der Waals surface area contributed by atoms with Gasteiger partial charge in [-0.05, 0) is 29.8 Å². The number of nitrogens with one attached hydrogen (secondary N) is 1. The molecular formula is C17H15ClN4O3. The van der Waals surface area contributed by atoms with E-state index in [0.29, 0.717) is 10.7 Å². The van der Waals surface area contributed by atoms with Crippen molar-refractivity contribution in [2.45, 2.75) is 0 Å². The van der Waals surface area contributed by atoms with Crippen molar-refractivity contribution in [3.63, 3.8) is 0 Å². The molecule has 0 spiro atoms. The van der Waals surface area contributed by atoms with E-state index < -0.39 is 11.8 Å².